The number of amides is 3. The Bertz CT molecular complexity index is 530. The number of aliphatic hydroxyl groups excluding tert-OH is 1. The fourth-order valence-electron chi connectivity index (χ4n) is 2.26. The van der Waals surface area contributed by atoms with E-state index in [-0.39, 0.29) is 31.2 Å². The lowest BCUT2D eigenvalue weighted by Gasteiger charge is -2.31. The number of nitrogens with one attached hydrogen (secondary N) is 3. The standard InChI is InChI=1S/C15H21N3O4/c1-9(2)16-15(21)17-11-5-3-10(4-6-11)14-12(7-19)18-13(20)8-22-14/h3-6,9,12,14,19H,7-8H2,1-2H3,(H,18,20)(H2,16,17,21)/t12-,14-/m1/s1. The lowest BCUT2D eigenvalue weighted by atomic mass is 10.0. The number of hydrogen-bond acceptors (Lipinski definition) is 4. The maximum absolute atomic E-state index is 11.6. The number of rotatable bonds is 4. The van der Waals surface area contributed by atoms with Crippen LogP contribution < -0.4 is 16.0 Å². The van der Waals surface area contributed by atoms with Crippen LogP contribution >= 0.6 is 0 Å². The Morgan fingerprint density at radius 3 is 2.68 bits per heavy atom. The van der Waals surface area contributed by atoms with E-state index < -0.39 is 12.1 Å². The summed E-state index contributed by atoms with van der Waals surface area (Å²) in [4.78, 5) is 22.9. The number of hydrogen-bond donors (Lipinski definition) is 4. The first-order valence-electron chi connectivity index (χ1n) is 7.19. The van der Waals surface area contributed by atoms with E-state index in [1.807, 2.05) is 13.8 Å². The van der Waals surface area contributed by atoms with Crippen LogP contribution in [0.2, 0.25) is 0 Å². The zero-order chi connectivity index (χ0) is 16.1. The maximum atomic E-state index is 11.6. The van der Waals surface area contributed by atoms with Crippen molar-refractivity contribution in [1.29, 1.82) is 0 Å². The topological polar surface area (TPSA) is 99.7 Å². The quantitative estimate of drug-likeness (QED) is 0.660. The van der Waals surface area contributed by atoms with Crippen LogP contribution in [0, 0.1) is 0 Å². The third-order valence-electron chi connectivity index (χ3n) is 3.22. The van der Waals surface area contributed by atoms with E-state index in [1.54, 1.807) is 24.3 Å². The van der Waals surface area contributed by atoms with Crippen molar-refractivity contribution in [2.75, 3.05) is 18.5 Å². The van der Waals surface area contributed by atoms with Crippen LogP contribution in [0.25, 0.3) is 0 Å². The molecule has 1 aromatic rings. The Balaban J connectivity index is 2.02. The van der Waals surface area contributed by atoms with Crippen LogP contribution in [0.4, 0.5) is 10.5 Å². The molecule has 1 aliphatic heterocycles. The van der Waals surface area contributed by atoms with Crippen molar-refractivity contribution in [2.24, 2.45) is 0 Å². The molecule has 0 radical (unpaired) electrons. The average molecular weight is 307 g/mol. The van der Waals surface area contributed by atoms with E-state index in [2.05, 4.69) is 16.0 Å². The summed E-state index contributed by atoms with van der Waals surface area (Å²) in [7, 11) is 0. The fourth-order valence-corrected chi connectivity index (χ4v) is 2.26. The summed E-state index contributed by atoms with van der Waals surface area (Å²) in [6.07, 6.45) is -0.402. The molecule has 0 spiro atoms. The first-order valence-corrected chi connectivity index (χ1v) is 7.19. The lowest BCUT2D eigenvalue weighted by molar-refractivity contribution is -0.138. The van der Waals surface area contributed by atoms with Gasteiger partial charge in [-0.1, -0.05) is 12.1 Å². The third-order valence-corrected chi connectivity index (χ3v) is 3.22. The summed E-state index contributed by atoms with van der Waals surface area (Å²) < 4.78 is 5.48. The highest BCUT2D eigenvalue weighted by atomic mass is 16.5. The van der Waals surface area contributed by atoms with Crippen molar-refractivity contribution in [3.63, 3.8) is 0 Å². The van der Waals surface area contributed by atoms with Crippen LogP contribution in [0.1, 0.15) is 25.5 Å². The molecule has 7 nitrogen and oxygen atoms in total. The van der Waals surface area contributed by atoms with Crippen molar-refractivity contribution in [1.82, 2.24) is 10.6 Å². The number of ether oxygens (including phenoxy) is 1. The molecule has 22 heavy (non-hydrogen) atoms. The predicted molar refractivity (Wildman–Crippen MR) is 81.4 cm³/mol. The van der Waals surface area contributed by atoms with Crippen LogP contribution in [0.5, 0.6) is 0 Å². The minimum absolute atomic E-state index is 0.0298. The largest absolute Gasteiger partial charge is 0.394 e. The zero-order valence-corrected chi connectivity index (χ0v) is 12.6. The summed E-state index contributed by atoms with van der Waals surface area (Å²) in [6.45, 7) is 3.53. The summed E-state index contributed by atoms with van der Waals surface area (Å²) in [5, 5.41) is 17.5. The molecular weight excluding hydrogens is 286 g/mol. The van der Waals surface area contributed by atoms with Gasteiger partial charge >= 0.3 is 6.03 Å². The second-order valence-electron chi connectivity index (χ2n) is 5.46. The number of urea groups is 1. The van der Waals surface area contributed by atoms with Crippen molar-refractivity contribution in [3.05, 3.63) is 29.8 Å². The van der Waals surface area contributed by atoms with E-state index in [9.17, 15) is 14.7 Å². The van der Waals surface area contributed by atoms with E-state index in [4.69, 9.17) is 4.74 Å². The highest BCUT2D eigenvalue weighted by molar-refractivity contribution is 5.89. The minimum atomic E-state index is -0.468. The molecule has 120 valence electrons. The highest BCUT2D eigenvalue weighted by Gasteiger charge is 2.30. The zero-order valence-electron chi connectivity index (χ0n) is 12.6. The van der Waals surface area contributed by atoms with Gasteiger partial charge in [-0.3, -0.25) is 4.79 Å². The van der Waals surface area contributed by atoms with Gasteiger partial charge in [0.1, 0.15) is 12.7 Å². The van der Waals surface area contributed by atoms with Crippen LogP contribution in [0.3, 0.4) is 0 Å². The van der Waals surface area contributed by atoms with Gasteiger partial charge in [0.15, 0.2) is 0 Å². The first kappa shape index (κ1) is 16.3. The summed E-state index contributed by atoms with van der Waals surface area (Å²) >= 11 is 0. The van der Waals surface area contributed by atoms with Gasteiger partial charge in [0, 0.05) is 11.7 Å². The molecule has 1 saturated heterocycles. The van der Waals surface area contributed by atoms with Gasteiger partial charge in [-0.2, -0.15) is 0 Å². The van der Waals surface area contributed by atoms with E-state index in [1.165, 1.54) is 0 Å². The van der Waals surface area contributed by atoms with Gasteiger partial charge in [-0.05, 0) is 31.5 Å². The van der Waals surface area contributed by atoms with Gasteiger partial charge in [-0.15, -0.1) is 0 Å². The Kier molecular flexibility index (Phi) is 5.35. The molecular formula is C15H21N3O4. The first-order chi connectivity index (χ1) is 10.5. The van der Waals surface area contributed by atoms with Crippen molar-refractivity contribution >= 4 is 17.6 Å². The van der Waals surface area contributed by atoms with E-state index >= 15 is 0 Å². The number of carbonyl (C=O) groups excluding carboxylic acids is 2. The molecule has 0 unspecified atom stereocenters. The molecule has 2 rings (SSSR count). The molecule has 2 atom stereocenters. The SMILES string of the molecule is CC(C)NC(=O)Nc1ccc([C@H]2OCC(=O)N[C@@H]2CO)cc1. The number of morpholine rings is 1. The molecule has 0 bridgehead atoms. The minimum Gasteiger partial charge on any atom is -0.394 e. The van der Waals surface area contributed by atoms with E-state index in [0.717, 1.165) is 5.56 Å². The Hall–Kier alpha value is -2.12. The molecule has 1 heterocycles. The van der Waals surface area contributed by atoms with Crippen LogP contribution in [-0.4, -0.2) is 42.3 Å². The Labute approximate surface area is 129 Å². The molecule has 1 aliphatic rings. The number of anilines is 1. The Morgan fingerprint density at radius 1 is 1.41 bits per heavy atom. The molecule has 7 heteroatoms. The Morgan fingerprint density at radius 2 is 2.09 bits per heavy atom. The van der Waals surface area contributed by atoms with Gasteiger partial charge in [0.05, 0.1) is 12.6 Å². The lowest BCUT2D eigenvalue weighted by Crippen LogP contribution is -2.49. The van der Waals surface area contributed by atoms with Crippen molar-refractivity contribution in [2.45, 2.75) is 32.0 Å². The van der Waals surface area contributed by atoms with Crippen molar-refractivity contribution < 1.29 is 19.4 Å². The molecule has 3 amide bonds. The van der Waals surface area contributed by atoms with Gasteiger partial charge in [0.25, 0.3) is 0 Å². The number of benzene rings is 1. The van der Waals surface area contributed by atoms with Gasteiger partial charge in [0.2, 0.25) is 5.91 Å². The summed E-state index contributed by atoms with van der Waals surface area (Å²) in [5.74, 6) is -0.237. The molecule has 1 aromatic carbocycles. The number of aliphatic hydroxyl groups is 1. The monoisotopic (exact) mass is 307 g/mol. The van der Waals surface area contributed by atoms with E-state index in [0.29, 0.717) is 5.69 Å². The smallest absolute Gasteiger partial charge is 0.319 e. The number of carbonyl (C=O) groups is 2. The van der Waals surface area contributed by atoms with Gasteiger partial charge in [-0.25, -0.2) is 4.79 Å². The molecule has 1 fully saturated rings. The maximum Gasteiger partial charge on any atom is 0.319 e. The molecule has 0 aromatic heterocycles. The van der Waals surface area contributed by atoms with Crippen molar-refractivity contribution in [3.8, 4) is 0 Å². The average Bonchev–Trinajstić information content (AvgIpc) is 2.47. The second kappa shape index (κ2) is 7.24. The summed E-state index contributed by atoms with van der Waals surface area (Å²) in [5.41, 5.74) is 1.48. The normalized spacial score (nSPS) is 21.4. The second-order valence-corrected chi connectivity index (χ2v) is 5.46. The van der Waals surface area contributed by atoms with Crippen LogP contribution in [0.15, 0.2) is 24.3 Å². The summed E-state index contributed by atoms with van der Waals surface area (Å²) in [6, 6.07) is 6.43. The molecule has 4 N–H and O–H groups in total. The highest BCUT2D eigenvalue weighted by Crippen LogP contribution is 2.25. The van der Waals surface area contributed by atoms with Gasteiger partial charge < -0.3 is 25.8 Å². The third kappa shape index (κ3) is 4.19. The van der Waals surface area contributed by atoms with Crippen LogP contribution in [-0.2, 0) is 9.53 Å². The molecule has 0 aliphatic carbocycles. The molecule has 0 saturated carbocycles. The predicted octanol–water partition coefficient (Wildman–Crippen LogP) is 0.765. The fraction of sp³-hybridized carbons (Fsp3) is 0.467.